The van der Waals surface area contributed by atoms with Crippen LogP contribution >= 0.6 is 11.6 Å². The average molecular weight is 560 g/mol. The third-order valence-corrected chi connectivity index (χ3v) is 7.84. The van der Waals surface area contributed by atoms with Gasteiger partial charge in [-0.25, -0.2) is 15.0 Å². The van der Waals surface area contributed by atoms with Crippen LogP contribution in [-0.2, 0) is 0 Å². The van der Waals surface area contributed by atoms with Crippen LogP contribution in [0.15, 0.2) is 138 Å². The predicted octanol–water partition coefficient (Wildman–Crippen LogP) is 10.2. The van der Waals surface area contributed by atoms with Crippen molar-refractivity contribution in [3.8, 4) is 45.3 Å². The van der Waals surface area contributed by atoms with E-state index in [-0.39, 0.29) is 0 Å². The number of benzene rings is 6. The van der Waals surface area contributed by atoms with Gasteiger partial charge in [-0.15, -0.1) is 0 Å². The first-order valence-corrected chi connectivity index (χ1v) is 14.1. The van der Waals surface area contributed by atoms with Crippen molar-refractivity contribution in [3.05, 3.63) is 138 Å². The largest absolute Gasteiger partial charge is 0.455 e. The Hall–Kier alpha value is -5.32. The molecule has 42 heavy (non-hydrogen) atoms. The first-order valence-electron chi connectivity index (χ1n) is 13.7. The van der Waals surface area contributed by atoms with Crippen LogP contribution in [0.1, 0.15) is 0 Å². The fourth-order valence-electron chi connectivity index (χ4n) is 5.47. The summed E-state index contributed by atoms with van der Waals surface area (Å²) in [4.78, 5) is 14.6. The van der Waals surface area contributed by atoms with Gasteiger partial charge < -0.3 is 4.42 Å². The molecule has 0 amide bonds. The van der Waals surface area contributed by atoms with E-state index in [1.807, 2.05) is 66.7 Å². The minimum atomic E-state index is 0.594. The van der Waals surface area contributed by atoms with Crippen molar-refractivity contribution in [2.75, 3.05) is 0 Å². The molecule has 0 aliphatic carbocycles. The number of hydrogen-bond donors (Lipinski definition) is 0. The highest BCUT2D eigenvalue weighted by Gasteiger charge is 2.14. The van der Waals surface area contributed by atoms with Gasteiger partial charge in [0.2, 0.25) is 0 Å². The molecule has 0 saturated carbocycles. The highest BCUT2D eigenvalue weighted by atomic mass is 35.5. The molecule has 0 unspecified atom stereocenters. The molecule has 2 aromatic heterocycles. The van der Waals surface area contributed by atoms with E-state index in [4.69, 9.17) is 31.0 Å². The summed E-state index contributed by atoms with van der Waals surface area (Å²) in [6, 6.07) is 44.8. The van der Waals surface area contributed by atoms with E-state index < -0.39 is 0 Å². The molecule has 0 N–H and O–H groups in total. The molecule has 198 valence electrons. The first kappa shape index (κ1) is 24.5. The van der Waals surface area contributed by atoms with Gasteiger partial charge in [-0.3, -0.25) is 0 Å². The lowest BCUT2D eigenvalue weighted by atomic mass is 10.0. The third-order valence-electron chi connectivity index (χ3n) is 7.59. The Labute approximate surface area is 246 Å². The molecule has 0 saturated heterocycles. The molecule has 8 aromatic rings. The van der Waals surface area contributed by atoms with E-state index in [2.05, 4.69) is 66.7 Å². The highest BCUT2D eigenvalue weighted by Crippen LogP contribution is 2.36. The number of halogens is 1. The van der Waals surface area contributed by atoms with Gasteiger partial charge in [-0.1, -0.05) is 96.5 Å². The van der Waals surface area contributed by atoms with Crippen molar-refractivity contribution < 1.29 is 4.42 Å². The van der Waals surface area contributed by atoms with E-state index in [1.165, 1.54) is 5.39 Å². The zero-order chi connectivity index (χ0) is 28.0. The summed E-state index contributed by atoms with van der Waals surface area (Å²) in [5.41, 5.74) is 6.59. The quantitative estimate of drug-likeness (QED) is 0.215. The molecule has 0 aliphatic rings. The Balaban J connectivity index is 1.25. The van der Waals surface area contributed by atoms with E-state index >= 15 is 0 Å². The van der Waals surface area contributed by atoms with E-state index in [0.717, 1.165) is 55.1 Å². The Morgan fingerprint density at radius 1 is 0.429 bits per heavy atom. The molecule has 8 rings (SSSR count). The first-order chi connectivity index (χ1) is 20.7. The van der Waals surface area contributed by atoms with Crippen molar-refractivity contribution in [1.29, 1.82) is 0 Å². The summed E-state index contributed by atoms with van der Waals surface area (Å²) in [6.07, 6.45) is 0. The average Bonchev–Trinajstić information content (AvgIpc) is 3.44. The number of hydrogen-bond acceptors (Lipinski definition) is 4. The second-order valence-corrected chi connectivity index (χ2v) is 10.7. The Morgan fingerprint density at radius 2 is 1.02 bits per heavy atom. The number of rotatable bonds is 4. The van der Waals surface area contributed by atoms with Gasteiger partial charge in [0, 0.05) is 37.9 Å². The molecule has 5 heteroatoms. The summed E-state index contributed by atoms with van der Waals surface area (Å²) < 4.78 is 6.44. The normalized spacial score (nSPS) is 11.5. The van der Waals surface area contributed by atoms with E-state index in [0.29, 0.717) is 22.5 Å². The maximum absolute atomic E-state index is 6.44. The molecule has 0 spiro atoms. The van der Waals surface area contributed by atoms with Gasteiger partial charge in [0.1, 0.15) is 11.2 Å². The summed E-state index contributed by atoms with van der Waals surface area (Å²) >= 11 is 6.15. The lowest BCUT2D eigenvalue weighted by Crippen LogP contribution is -2.00. The van der Waals surface area contributed by atoms with Gasteiger partial charge in [0.25, 0.3) is 0 Å². The van der Waals surface area contributed by atoms with Gasteiger partial charge >= 0.3 is 0 Å². The predicted molar refractivity (Wildman–Crippen MR) is 171 cm³/mol. The number of nitrogens with zero attached hydrogens (tertiary/aromatic N) is 3. The molecule has 4 nitrogen and oxygen atoms in total. The molecule has 0 radical (unpaired) electrons. The Morgan fingerprint density at radius 3 is 1.83 bits per heavy atom. The van der Waals surface area contributed by atoms with Crippen LogP contribution in [0, 0.1) is 0 Å². The minimum Gasteiger partial charge on any atom is -0.455 e. The molecule has 0 atom stereocenters. The van der Waals surface area contributed by atoms with Crippen LogP contribution in [-0.4, -0.2) is 15.0 Å². The summed E-state index contributed by atoms with van der Waals surface area (Å²) in [6.45, 7) is 0. The number of furan rings is 1. The van der Waals surface area contributed by atoms with Crippen molar-refractivity contribution >= 4 is 44.3 Å². The SMILES string of the molecule is Clc1ccc(-c2nc(-c3ccccc3)nc(-c3cccc(-c4ccc5c(c4)oc4c6ccccc6ccc54)c3)n2)cc1. The molecule has 0 aliphatic heterocycles. The third kappa shape index (κ3) is 4.30. The minimum absolute atomic E-state index is 0.594. The van der Waals surface area contributed by atoms with Crippen molar-refractivity contribution in [3.63, 3.8) is 0 Å². The topological polar surface area (TPSA) is 51.8 Å². The molecular weight excluding hydrogens is 538 g/mol. The van der Waals surface area contributed by atoms with Crippen molar-refractivity contribution in [2.24, 2.45) is 0 Å². The fraction of sp³-hybridized carbons (Fsp3) is 0. The van der Waals surface area contributed by atoms with E-state index in [1.54, 1.807) is 0 Å². The molecule has 0 bridgehead atoms. The lowest BCUT2D eigenvalue weighted by Gasteiger charge is -2.10. The van der Waals surface area contributed by atoms with Gasteiger partial charge in [-0.05, 0) is 65.0 Å². The monoisotopic (exact) mass is 559 g/mol. The molecule has 6 aromatic carbocycles. The summed E-state index contributed by atoms with van der Waals surface area (Å²) in [5.74, 6) is 1.82. The van der Waals surface area contributed by atoms with Crippen LogP contribution in [0.3, 0.4) is 0 Å². The van der Waals surface area contributed by atoms with Gasteiger partial charge in [-0.2, -0.15) is 0 Å². The summed E-state index contributed by atoms with van der Waals surface area (Å²) in [5, 5.41) is 5.18. The lowest BCUT2D eigenvalue weighted by molar-refractivity contribution is 0.673. The fourth-order valence-corrected chi connectivity index (χ4v) is 5.60. The van der Waals surface area contributed by atoms with Crippen LogP contribution in [0.4, 0.5) is 0 Å². The van der Waals surface area contributed by atoms with Crippen LogP contribution < -0.4 is 0 Å². The zero-order valence-electron chi connectivity index (χ0n) is 22.3. The maximum atomic E-state index is 6.44. The highest BCUT2D eigenvalue weighted by molar-refractivity contribution is 6.30. The summed E-state index contributed by atoms with van der Waals surface area (Å²) in [7, 11) is 0. The van der Waals surface area contributed by atoms with E-state index in [9.17, 15) is 0 Å². The second-order valence-electron chi connectivity index (χ2n) is 10.2. The van der Waals surface area contributed by atoms with Crippen molar-refractivity contribution in [2.45, 2.75) is 0 Å². The Kier molecular flexibility index (Phi) is 5.80. The van der Waals surface area contributed by atoms with Crippen LogP contribution in [0.5, 0.6) is 0 Å². The zero-order valence-corrected chi connectivity index (χ0v) is 23.1. The Bertz CT molecular complexity index is 2260. The van der Waals surface area contributed by atoms with Gasteiger partial charge in [0.05, 0.1) is 0 Å². The smallest absolute Gasteiger partial charge is 0.164 e. The molecule has 0 fully saturated rings. The molecule has 2 heterocycles. The van der Waals surface area contributed by atoms with Crippen LogP contribution in [0.25, 0.3) is 78.0 Å². The standard InChI is InChI=1S/C37H22ClN3O/c38-29-17-13-25(14-18-29)36-39-35(24-8-2-1-3-9-24)40-37(41-36)28-11-6-10-26(21-28)27-16-19-31-32-20-15-23-7-4-5-12-30(23)34(32)42-33(31)22-27/h1-22H. The number of aromatic nitrogens is 3. The van der Waals surface area contributed by atoms with Crippen LogP contribution in [0.2, 0.25) is 5.02 Å². The van der Waals surface area contributed by atoms with Gasteiger partial charge in [0.15, 0.2) is 17.5 Å². The molecular formula is C37H22ClN3O. The second kappa shape index (κ2) is 9.95. The number of fused-ring (bicyclic) bond motifs is 5. The van der Waals surface area contributed by atoms with Crippen molar-refractivity contribution in [1.82, 2.24) is 15.0 Å². The maximum Gasteiger partial charge on any atom is 0.164 e.